The molecule has 0 heterocycles. The van der Waals surface area contributed by atoms with Crippen molar-refractivity contribution in [1.29, 1.82) is 0 Å². The fourth-order valence-electron chi connectivity index (χ4n) is 3.91. The first-order chi connectivity index (χ1) is 7.74. The minimum Gasteiger partial charge on any atom is -0.329 e. The molecule has 0 aliphatic heterocycles. The molecular weight excluding hydrogens is 196 g/mol. The summed E-state index contributed by atoms with van der Waals surface area (Å²) < 4.78 is 0. The molecule has 3 N–H and O–H groups in total. The van der Waals surface area contributed by atoms with Crippen LogP contribution in [0, 0.1) is 17.8 Å². The lowest BCUT2D eigenvalue weighted by Gasteiger charge is -2.39. The lowest BCUT2D eigenvalue weighted by molar-refractivity contribution is 0.202. The van der Waals surface area contributed by atoms with E-state index in [2.05, 4.69) is 19.2 Å². The average Bonchev–Trinajstić information content (AvgIpc) is 2.91. The molecule has 2 aliphatic rings. The highest BCUT2D eigenvalue weighted by molar-refractivity contribution is 5.07. The summed E-state index contributed by atoms with van der Waals surface area (Å²) >= 11 is 0. The van der Waals surface area contributed by atoms with Crippen LogP contribution < -0.4 is 11.1 Å². The number of fused-ring (bicyclic) bond motifs is 2. The number of nitrogens with one attached hydrogen (secondary N) is 1. The highest BCUT2D eigenvalue weighted by atomic mass is 15.0. The van der Waals surface area contributed by atoms with Gasteiger partial charge in [0.1, 0.15) is 0 Å². The minimum atomic E-state index is 0.311. The van der Waals surface area contributed by atoms with Gasteiger partial charge < -0.3 is 11.1 Å². The Morgan fingerprint density at radius 1 is 1.31 bits per heavy atom. The molecule has 3 unspecified atom stereocenters. The second-order valence-electron chi connectivity index (χ2n) is 6.00. The Morgan fingerprint density at radius 3 is 2.50 bits per heavy atom. The molecule has 0 aromatic carbocycles. The Hall–Kier alpha value is -0.0800. The number of nitrogens with two attached hydrogens (primary N) is 1. The zero-order valence-corrected chi connectivity index (χ0v) is 11.0. The van der Waals surface area contributed by atoms with E-state index in [0.29, 0.717) is 5.54 Å². The van der Waals surface area contributed by atoms with E-state index in [-0.39, 0.29) is 0 Å². The topological polar surface area (TPSA) is 38.0 Å². The van der Waals surface area contributed by atoms with Gasteiger partial charge in [0.25, 0.3) is 0 Å². The molecule has 2 bridgehead atoms. The maximum absolute atomic E-state index is 6.06. The van der Waals surface area contributed by atoms with Crippen molar-refractivity contribution < 1.29 is 0 Å². The fraction of sp³-hybridized carbons (Fsp3) is 1.00. The zero-order chi connectivity index (χ0) is 11.6. The van der Waals surface area contributed by atoms with Crippen LogP contribution in [-0.4, -0.2) is 18.6 Å². The van der Waals surface area contributed by atoms with Crippen LogP contribution in [0.3, 0.4) is 0 Å². The summed E-state index contributed by atoms with van der Waals surface area (Å²) in [4.78, 5) is 0. The predicted molar refractivity (Wildman–Crippen MR) is 69.3 cm³/mol. The molecule has 2 saturated carbocycles. The average molecular weight is 224 g/mol. The lowest BCUT2D eigenvalue weighted by atomic mass is 9.80. The second-order valence-corrected chi connectivity index (χ2v) is 6.00. The molecule has 0 amide bonds. The van der Waals surface area contributed by atoms with Crippen LogP contribution >= 0.6 is 0 Å². The van der Waals surface area contributed by atoms with Crippen LogP contribution in [0.25, 0.3) is 0 Å². The third kappa shape index (κ3) is 2.14. The molecule has 0 aromatic rings. The maximum atomic E-state index is 6.06. The molecule has 0 aromatic heterocycles. The van der Waals surface area contributed by atoms with Gasteiger partial charge in [-0.2, -0.15) is 0 Å². The highest BCUT2D eigenvalue weighted by Gasteiger charge is 2.49. The standard InChI is InChI=1S/C14H28N2/c1-3-11(4-2)9-16-14(10-15)8-12-5-6-13(14)7-12/h11-13,16H,3-10,15H2,1-2H3. The van der Waals surface area contributed by atoms with Crippen molar-refractivity contribution in [3.63, 3.8) is 0 Å². The summed E-state index contributed by atoms with van der Waals surface area (Å²) in [6, 6.07) is 0. The smallest absolute Gasteiger partial charge is 0.0335 e. The minimum absolute atomic E-state index is 0.311. The lowest BCUT2D eigenvalue weighted by Crippen LogP contribution is -2.56. The molecule has 2 heteroatoms. The first kappa shape index (κ1) is 12.4. The summed E-state index contributed by atoms with van der Waals surface area (Å²) in [6.45, 7) is 6.61. The van der Waals surface area contributed by atoms with Crippen LogP contribution in [-0.2, 0) is 0 Å². The van der Waals surface area contributed by atoms with Crippen LogP contribution in [0.2, 0.25) is 0 Å². The van der Waals surface area contributed by atoms with Crippen molar-refractivity contribution in [3.05, 3.63) is 0 Å². The molecular formula is C14H28N2. The summed E-state index contributed by atoms with van der Waals surface area (Å²) in [5, 5.41) is 3.85. The van der Waals surface area contributed by atoms with Crippen molar-refractivity contribution in [2.45, 2.75) is 57.9 Å². The van der Waals surface area contributed by atoms with Crippen LogP contribution in [0.5, 0.6) is 0 Å². The van der Waals surface area contributed by atoms with Crippen molar-refractivity contribution in [1.82, 2.24) is 5.32 Å². The van der Waals surface area contributed by atoms with Crippen molar-refractivity contribution in [3.8, 4) is 0 Å². The third-order valence-corrected chi connectivity index (χ3v) is 5.24. The van der Waals surface area contributed by atoms with Gasteiger partial charge in [-0.15, -0.1) is 0 Å². The SMILES string of the molecule is CCC(CC)CNC1(CN)CC2CCC1C2. The number of hydrogen-bond donors (Lipinski definition) is 2. The van der Waals surface area contributed by atoms with Gasteiger partial charge in [0, 0.05) is 12.1 Å². The highest BCUT2D eigenvalue weighted by Crippen LogP contribution is 2.50. The van der Waals surface area contributed by atoms with Crippen molar-refractivity contribution in [2.75, 3.05) is 13.1 Å². The van der Waals surface area contributed by atoms with Crippen molar-refractivity contribution in [2.24, 2.45) is 23.5 Å². The first-order valence-corrected chi connectivity index (χ1v) is 7.19. The zero-order valence-electron chi connectivity index (χ0n) is 11.0. The molecule has 2 fully saturated rings. The number of hydrogen-bond acceptors (Lipinski definition) is 2. The van der Waals surface area contributed by atoms with E-state index < -0.39 is 0 Å². The van der Waals surface area contributed by atoms with E-state index in [1.54, 1.807) is 0 Å². The summed E-state index contributed by atoms with van der Waals surface area (Å²) in [5.74, 6) is 2.68. The summed E-state index contributed by atoms with van der Waals surface area (Å²) in [5.41, 5.74) is 6.37. The van der Waals surface area contributed by atoms with Crippen molar-refractivity contribution >= 4 is 0 Å². The third-order valence-electron chi connectivity index (χ3n) is 5.24. The Bertz CT molecular complexity index is 225. The normalized spacial score (nSPS) is 37.5. The molecule has 2 rings (SSSR count). The van der Waals surface area contributed by atoms with Crippen LogP contribution in [0.15, 0.2) is 0 Å². The van der Waals surface area contributed by atoms with E-state index in [1.165, 1.54) is 45.1 Å². The molecule has 0 saturated heterocycles. The maximum Gasteiger partial charge on any atom is 0.0335 e. The van der Waals surface area contributed by atoms with Gasteiger partial charge in [-0.3, -0.25) is 0 Å². The van der Waals surface area contributed by atoms with E-state index >= 15 is 0 Å². The molecule has 2 aliphatic carbocycles. The van der Waals surface area contributed by atoms with Gasteiger partial charge in [0.2, 0.25) is 0 Å². The monoisotopic (exact) mass is 224 g/mol. The molecule has 0 spiro atoms. The Balaban J connectivity index is 1.90. The Kier molecular flexibility index (Phi) is 3.91. The summed E-state index contributed by atoms with van der Waals surface area (Å²) in [6.07, 6.45) is 8.23. The molecule has 3 atom stereocenters. The van der Waals surface area contributed by atoms with Gasteiger partial charge >= 0.3 is 0 Å². The van der Waals surface area contributed by atoms with E-state index in [4.69, 9.17) is 5.73 Å². The Morgan fingerprint density at radius 2 is 2.06 bits per heavy atom. The predicted octanol–water partition coefficient (Wildman–Crippen LogP) is 2.53. The van der Waals surface area contributed by atoms with Crippen LogP contribution in [0.4, 0.5) is 0 Å². The first-order valence-electron chi connectivity index (χ1n) is 7.19. The van der Waals surface area contributed by atoms with Gasteiger partial charge in [-0.05, 0) is 43.6 Å². The van der Waals surface area contributed by atoms with E-state index in [0.717, 1.165) is 24.3 Å². The summed E-state index contributed by atoms with van der Waals surface area (Å²) in [7, 11) is 0. The van der Waals surface area contributed by atoms with Gasteiger partial charge in [-0.1, -0.05) is 33.1 Å². The van der Waals surface area contributed by atoms with Gasteiger partial charge in [0.15, 0.2) is 0 Å². The fourth-order valence-corrected chi connectivity index (χ4v) is 3.91. The second kappa shape index (κ2) is 5.05. The van der Waals surface area contributed by atoms with Gasteiger partial charge in [0.05, 0.1) is 0 Å². The molecule has 0 radical (unpaired) electrons. The number of rotatable bonds is 6. The van der Waals surface area contributed by atoms with Gasteiger partial charge in [-0.25, -0.2) is 0 Å². The quantitative estimate of drug-likeness (QED) is 0.727. The molecule has 16 heavy (non-hydrogen) atoms. The van der Waals surface area contributed by atoms with Crippen LogP contribution in [0.1, 0.15) is 52.4 Å². The largest absolute Gasteiger partial charge is 0.329 e. The molecule has 2 nitrogen and oxygen atoms in total. The molecule has 94 valence electrons. The Labute approximate surface area is 100 Å². The van der Waals surface area contributed by atoms with E-state index in [1.807, 2.05) is 0 Å². The van der Waals surface area contributed by atoms with E-state index in [9.17, 15) is 0 Å².